The molecule has 0 saturated heterocycles. The van der Waals surface area contributed by atoms with Crippen LogP contribution in [-0.4, -0.2) is 6.61 Å². The highest BCUT2D eigenvalue weighted by Crippen LogP contribution is 2.37. The normalized spacial score (nSPS) is 19.4. The first-order chi connectivity index (χ1) is 6.59. The van der Waals surface area contributed by atoms with Crippen LogP contribution < -0.4 is 4.74 Å². The summed E-state index contributed by atoms with van der Waals surface area (Å²) in [6.07, 6.45) is 2.08. The average molecular weight is 194 g/mol. The van der Waals surface area contributed by atoms with Crippen LogP contribution in [-0.2, 0) is 5.41 Å². The van der Waals surface area contributed by atoms with Crippen molar-refractivity contribution in [2.24, 2.45) is 0 Å². The first-order valence-electron chi connectivity index (χ1n) is 5.02. The molecule has 0 atom stereocenters. The summed E-state index contributed by atoms with van der Waals surface area (Å²) in [5.74, 6) is 0.663. The minimum absolute atomic E-state index is 0.0218. The zero-order chi connectivity index (χ0) is 10.2. The minimum Gasteiger partial charge on any atom is -0.493 e. The first kappa shape index (κ1) is 9.50. The van der Waals surface area contributed by atoms with Crippen molar-refractivity contribution in [1.82, 2.24) is 0 Å². The van der Waals surface area contributed by atoms with Gasteiger partial charge in [0.25, 0.3) is 0 Å². The van der Waals surface area contributed by atoms with Crippen LogP contribution in [0.5, 0.6) is 5.75 Å². The van der Waals surface area contributed by atoms with Crippen molar-refractivity contribution in [3.05, 3.63) is 29.6 Å². The number of hydrogen-bond donors (Lipinski definition) is 0. The third-order valence-electron chi connectivity index (χ3n) is 2.87. The van der Waals surface area contributed by atoms with Gasteiger partial charge in [0.05, 0.1) is 6.61 Å². The van der Waals surface area contributed by atoms with Gasteiger partial charge >= 0.3 is 0 Å². The molecule has 0 unspecified atom stereocenters. The largest absolute Gasteiger partial charge is 0.493 e. The predicted molar refractivity (Wildman–Crippen MR) is 54.2 cm³/mol. The molecule has 0 aromatic heterocycles. The van der Waals surface area contributed by atoms with E-state index in [4.69, 9.17) is 4.74 Å². The van der Waals surface area contributed by atoms with Gasteiger partial charge in [-0.25, -0.2) is 4.39 Å². The molecule has 0 fully saturated rings. The van der Waals surface area contributed by atoms with E-state index >= 15 is 0 Å². The second-order valence-corrected chi connectivity index (χ2v) is 4.48. The first-order valence-corrected chi connectivity index (χ1v) is 5.02. The lowest BCUT2D eigenvalue weighted by Crippen LogP contribution is -2.16. The van der Waals surface area contributed by atoms with Crippen LogP contribution in [0.4, 0.5) is 4.39 Å². The van der Waals surface area contributed by atoms with Crippen molar-refractivity contribution in [3.8, 4) is 5.75 Å². The second-order valence-electron chi connectivity index (χ2n) is 4.48. The Morgan fingerprint density at radius 2 is 2.14 bits per heavy atom. The fraction of sp³-hybridized carbons (Fsp3) is 0.500. The maximum absolute atomic E-state index is 13.1. The molecule has 0 N–H and O–H groups in total. The van der Waals surface area contributed by atoms with Crippen molar-refractivity contribution in [3.63, 3.8) is 0 Å². The van der Waals surface area contributed by atoms with Gasteiger partial charge in [0.15, 0.2) is 0 Å². The molecule has 2 rings (SSSR count). The van der Waals surface area contributed by atoms with Crippen molar-refractivity contribution in [1.29, 1.82) is 0 Å². The van der Waals surface area contributed by atoms with Crippen LogP contribution >= 0.6 is 0 Å². The summed E-state index contributed by atoms with van der Waals surface area (Å²) in [6.45, 7) is 5.02. The number of ether oxygens (including phenoxy) is 1. The molecule has 14 heavy (non-hydrogen) atoms. The topological polar surface area (TPSA) is 9.23 Å². The second kappa shape index (κ2) is 3.26. The molecule has 1 heterocycles. The van der Waals surface area contributed by atoms with Crippen LogP contribution in [0, 0.1) is 5.82 Å². The van der Waals surface area contributed by atoms with Crippen molar-refractivity contribution < 1.29 is 9.13 Å². The fourth-order valence-corrected chi connectivity index (χ4v) is 1.99. The number of halogens is 1. The third-order valence-corrected chi connectivity index (χ3v) is 2.87. The van der Waals surface area contributed by atoms with Gasteiger partial charge in [-0.3, -0.25) is 0 Å². The maximum Gasteiger partial charge on any atom is 0.123 e. The molecule has 0 amide bonds. The predicted octanol–water partition coefficient (Wildman–Crippen LogP) is 3.28. The maximum atomic E-state index is 13.1. The van der Waals surface area contributed by atoms with Crippen molar-refractivity contribution in [2.75, 3.05) is 6.61 Å². The summed E-state index contributed by atoms with van der Waals surface area (Å²) in [5, 5.41) is 0. The molecule has 1 aromatic carbocycles. The summed E-state index contributed by atoms with van der Waals surface area (Å²) >= 11 is 0. The molecule has 1 aliphatic rings. The highest BCUT2D eigenvalue weighted by Gasteiger charge is 2.27. The summed E-state index contributed by atoms with van der Waals surface area (Å²) in [4.78, 5) is 0. The van der Waals surface area contributed by atoms with Crippen LogP contribution in [0.3, 0.4) is 0 Å². The molecule has 0 radical (unpaired) electrons. The summed E-state index contributed by atoms with van der Waals surface area (Å²) in [7, 11) is 0. The van der Waals surface area contributed by atoms with E-state index in [0.29, 0.717) is 0 Å². The van der Waals surface area contributed by atoms with Gasteiger partial charge in [-0.15, -0.1) is 0 Å². The molecule has 76 valence electrons. The SMILES string of the molecule is CC1(C)CCCOc2ccc(F)cc21. The van der Waals surface area contributed by atoms with Crippen LogP contribution in [0.15, 0.2) is 18.2 Å². The molecule has 2 heteroatoms. The highest BCUT2D eigenvalue weighted by molar-refractivity contribution is 5.39. The summed E-state index contributed by atoms with van der Waals surface area (Å²) in [6, 6.07) is 4.79. The van der Waals surface area contributed by atoms with E-state index in [1.807, 2.05) is 0 Å². The monoisotopic (exact) mass is 194 g/mol. The van der Waals surface area contributed by atoms with Gasteiger partial charge in [-0.2, -0.15) is 0 Å². The Bertz CT molecular complexity index is 344. The molecular weight excluding hydrogens is 179 g/mol. The number of benzene rings is 1. The average Bonchev–Trinajstić information content (AvgIpc) is 2.26. The Hall–Kier alpha value is -1.05. The van der Waals surface area contributed by atoms with E-state index in [0.717, 1.165) is 30.8 Å². The molecular formula is C12H15FO. The summed E-state index contributed by atoms with van der Waals surface area (Å²) in [5.41, 5.74) is 1.02. The van der Waals surface area contributed by atoms with Crippen molar-refractivity contribution in [2.45, 2.75) is 32.1 Å². The van der Waals surface area contributed by atoms with Crippen LogP contribution in [0.25, 0.3) is 0 Å². The number of fused-ring (bicyclic) bond motifs is 1. The molecule has 1 aliphatic heterocycles. The number of hydrogen-bond acceptors (Lipinski definition) is 1. The Morgan fingerprint density at radius 3 is 2.93 bits per heavy atom. The minimum atomic E-state index is -0.178. The Labute approximate surface area is 83.9 Å². The van der Waals surface area contributed by atoms with Crippen LogP contribution in [0.2, 0.25) is 0 Å². The zero-order valence-corrected chi connectivity index (χ0v) is 8.64. The van der Waals surface area contributed by atoms with Gasteiger partial charge in [0.1, 0.15) is 11.6 Å². The smallest absolute Gasteiger partial charge is 0.123 e. The number of rotatable bonds is 0. The van der Waals surface area contributed by atoms with Gasteiger partial charge in [-0.1, -0.05) is 13.8 Å². The van der Waals surface area contributed by atoms with Gasteiger partial charge in [0.2, 0.25) is 0 Å². The quantitative estimate of drug-likeness (QED) is 0.616. The molecule has 0 spiro atoms. The fourth-order valence-electron chi connectivity index (χ4n) is 1.99. The lowest BCUT2D eigenvalue weighted by molar-refractivity contribution is 0.313. The van der Waals surface area contributed by atoms with Gasteiger partial charge in [0, 0.05) is 5.56 Å². The van der Waals surface area contributed by atoms with Crippen LogP contribution in [0.1, 0.15) is 32.3 Å². The van der Waals surface area contributed by atoms with E-state index in [2.05, 4.69) is 13.8 Å². The third kappa shape index (κ3) is 1.61. The van der Waals surface area contributed by atoms with Gasteiger partial charge in [-0.05, 0) is 36.5 Å². The lowest BCUT2D eigenvalue weighted by atomic mass is 9.80. The standard InChI is InChI=1S/C12H15FO/c1-12(2)6-3-7-14-11-5-4-9(13)8-10(11)12/h4-5,8H,3,6-7H2,1-2H3. The Kier molecular flexibility index (Phi) is 2.22. The molecule has 0 bridgehead atoms. The van der Waals surface area contributed by atoms with E-state index < -0.39 is 0 Å². The molecule has 0 saturated carbocycles. The van der Waals surface area contributed by atoms with E-state index in [9.17, 15) is 4.39 Å². The lowest BCUT2D eigenvalue weighted by Gasteiger charge is -2.23. The Morgan fingerprint density at radius 1 is 1.36 bits per heavy atom. The highest BCUT2D eigenvalue weighted by atomic mass is 19.1. The van der Waals surface area contributed by atoms with E-state index in [1.54, 1.807) is 12.1 Å². The zero-order valence-electron chi connectivity index (χ0n) is 8.64. The molecule has 1 nitrogen and oxygen atoms in total. The summed E-state index contributed by atoms with van der Waals surface area (Å²) < 4.78 is 18.7. The van der Waals surface area contributed by atoms with Gasteiger partial charge < -0.3 is 4.74 Å². The Balaban J connectivity index is 2.52. The van der Waals surface area contributed by atoms with E-state index in [1.165, 1.54) is 6.07 Å². The van der Waals surface area contributed by atoms with E-state index in [-0.39, 0.29) is 11.2 Å². The molecule has 0 aliphatic carbocycles. The molecule has 1 aromatic rings. The van der Waals surface area contributed by atoms with Crippen molar-refractivity contribution >= 4 is 0 Å².